The van der Waals surface area contributed by atoms with Crippen molar-refractivity contribution in [2.24, 2.45) is 0 Å². The van der Waals surface area contributed by atoms with E-state index in [2.05, 4.69) is 72.9 Å². The van der Waals surface area contributed by atoms with Crippen LogP contribution in [0.4, 0.5) is 11.4 Å². The second-order valence-corrected chi connectivity index (χ2v) is 8.63. The minimum absolute atomic E-state index is 0.0886. The quantitative estimate of drug-likeness (QED) is 0.122. The summed E-state index contributed by atoms with van der Waals surface area (Å²) < 4.78 is 0. The van der Waals surface area contributed by atoms with Crippen molar-refractivity contribution in [2.45, 2.75) is 0 Å². The molecule has 0 aromatic heterocycles. The van der Waals surface area contributed by atoms with Crippen LogP contribution < -0.4 is 5.73 Å². The van der Waals surface area contributed by atoms with Gasteiger partial charge in [-0.25, -0.2) is 0 Å². The molecule has 2 N–H and O–H groups in total. The Morgan fingerprint density at radius 1 is 0.583 bits per heavy atom. The van der Waals surface area contributed by atoms with Crippen molar-refractivity contribution >= 4 is 60.0 Å². The number of nitrogens with zero attached hydrogens (tertiary/aromatic N) is 1. The van der Waals surface area contributed by atoms with E-state index in [0.717, 1.165) is 50.2 Å². The third-order valence-corrected chi connectivity index (χ3v) is 6.08. The van der Waals surface area contributed by atoms with Crippen LogP contribution in [0.15, 0.2) is 84.9 Å². The highest BCUT2D eigenvalue weighted by Crippen LogP contribution is 2.25. The van der Waals surface area contributed by atoms with Gasteiger partial charge in [0.25, 0.3) is 5.69 Å². The van der Waals surface area contributed by atoms with Gasteiger partial charge < -0.3 is 5.73 Å². The van der Waals surface area contributed by atoms with Crippen LogP contribution in [0.3, 0.4) is 0 Å². The van der Waals surface area contributed by atoms with Crippen LogP contribution in [0.25, 0.3) is 48.6 Å². The predicted molar refractivity (Wildman–Crippen MR) is 153 cm³/mol. The first-order chi connectivity index (χ1) is 17.5. The molecule has 0 saturated carbocycles. The smallest absolute Gasteiger partial charge is 0.269 e. The van der Waals surface area contributed by atoms with E-state index >= 15 is 0 Å². The highest BCUT2D eigenvalue weighted by Gasteiger charge is 2.05. The lowest BCUT2D eigenvalue weighted by Crippen LogP contribution is -1.88. The summed E-state index contributed by atoms with van der Waals surface area (Å²) in [5, 5.41) is 10.9. The first kappa shape index (κ1) is 22.8. The fourth-order valence-electron chi connectivity index (χ4n) is 4.04. The predicted octanol–water partition coefficient (Wildman–Crippen LogP) is 8.17. The molecule has 0 radical (unpaired) electrons. The molecule has 174 valence electrons. The molecule has 4 bridgehead atoms. The van der Waals surface area contributed by atoms with Crippen LogP contribution >= 0.6 is 0 Å². The zero-order valence-electron chi connectivity index (χ0n) is 19.5. The van der Waals surface area contributed by atoms with Gasteiger partial charge in [0, 0.05) is 17.8 Å². The number of hydrogen-bond donors (Lipinski definition) is 1. The molecule has 4 aliphatic carbocycles. The van der Waals surface area contributed by atoms with Crippen molar-refractivity contribution in [3.8, 4) is 0 Å². The molecular formula is C32H24N2O2. The number of hydrogen-bond acceptors (Lipinski definition) is 3. The molecule has 0 fully saturated rings. The van der Waals surface area contributed by atoms with Gasteiger partial charge >= 0.3 is 0 Å². The average molecular weight is 469 g/mol. The first-order valence-corrected chi connectivity index (χ1v) is 11.6. The minimum Gasteiger partial charge on any atom is -0.399 e. The van der Waals surface area contributed by atoms with Crippen molar-refractivity contribution in [2.75, 3.05) is 5.73 Å². The zero-order chi connectivity index (χ0) is 24.9. The summed E-state index contributed by atoms with van der Waals surface area (Å²) in [6, 6.07) is 27.2. The number of non-ortho nitro benzene ring substituents is 1. The highest BCUT2D eigenvalue weighted by atomic mass is 16.6. The Hall–Kier alpha value is -4.96. The Labute approximate surface area is 210 Å². The van der Waals surface area contributed by atoms with E-state index in [1.54, 1.807) is 12.1 Å². The Balaban J connectivity index is 1.46. The fourth-order valence-corrected chi connectivity index (χ4v) is 4.04. The van der Waals surface area contributed by atoms with Crippen molar-refractivity contribution in [1.29, 1.82) is 0 Å². The van der Waals surface area contributed by atoms with Gasteiger partial charge in [0.05, 0.1) is 4.92 Å². The standard InChI is InChI=1S/C32H24N2O2/c33-31-17-7-23(8-18-31)1-15-29-21-25-3-11-27(29)12-4-26-6-14-28(13-5-25)30(22-26)16-2-24-9-19-32(20-10-24)34(35)36/h1-22H,33H2/b12-4-,13-5-,15-1+,16-2+,25-5?,26-4?,27-12?,28-13?. The van der Waals surface area contributed by atoms with Crippen molar-refractivity contribution in [3.63, 3.8) is 0 Å². The van der Waals surface area contributed by atoms with Crippen LogP contribution in [0.5, 0.6) is 0 Å². The Kier molecular flexibility index (Phi) is 6.41. The maximum Gasteiger partial charge on any atom is 0.269 e. The molecule has 0 aliphatic heterocycles. The molecule has 8 rings (SSSR count). The lowest BCUT2D eigenvalue weighted by Gasteiger charge is -2.08. The van der Waals surface area contributed by atoms with Gasteiger partial charge in [0.15, 0.2) is 0 Å². The van der Waals surface area contributed by atoms with E-state index in [-0.39, 0.29) is 10.6 Å². The lowest BCUT2D eigenvalue weighted by molar-refractivity contribution is -0.384. The van der Waals surface area contributed by atoms with Crippen molar-refractivity contribution in [3.05, 3.63) is 140 Å². The van der Waals surface area contributed by atoms with E-state index in [0.29, 0.717) is 0 Å². The van der Waals surface area contributed by atoms with Crippen molar-refractivity contribution in [1.82, 2.24) is 0 Å². The van der Waals surface area contributed by atoms with E-state index < -0.39 is 0 Å². The molecule has 4 aliphatic rings. The van der Waals surface area contributed by atoms with Crippen LogP contribution in [0.1, 0.15) is 44.5 Å². The highest BCUT2D eigenvalue weighted by molar-refractivity contribution is 5.85. The molecular weight excluding hydrogens is 444 g/mol. The molecule has 0 amide bonds. The zero-order valence-corrected chi connectivity index (χ0v) is 19.5. The van der Waals surface area contributed by atoms with Gasteiger partial charge in [-0.15, -0.1) is 0 Å². The average Bonchev–Trinajstić information content (AvgIpc) is 2.89. The van der Waals surface area contributed by atoms with Crippen LogP contribution in [0.2, 0.25) is 0 Å². The summed E-state index contributed by atoms with van der Waals surface area (Å²) in [6.07, 6.45) is 16.7. The molecule has 36 heavy (non-hydrogen) atoms. The molecule has 0 spiro atoms. The number of anilines is 1. The molecule has 4 aromatic rings. The summed E-state index contributed by atoms with van der Waals surface area (Å²) in [7, 11) is 0. The van der Waals surface area contributed by atoms with Gasteiger partial charge in [0.1, 0.15) is 0 Å². The Bertz CT molecular complexity index is 1540. The maximum absolute atomic E-state index is 10.9. The van der Waals surface area contributed by atoms with Gasteiger partial charge in [-0.05, 0) is 80.9 Å². The Morgan fingerprint density at radius 3 is 1.53 bits per heavy atom. The molecule has 4 heteroatoms. The summed E-state index contributed by atoms with van der Waals surface area (Å²) >= 11 is 0. The Morgan fingerprint density at radius 2 is 1.06 bits per heavy atom. The summed E-state index contributed by atoms with van der Waals surface area (Å²) in [5.41, 5.74) is 15.3. The van der Waals surface area contributed by atoms with E-state index in [1.807, 2.05) is 36.4 Å². The van der Waals surface area contributed by atoms with Gasteiger partial charge in [-0.2, -0.15) is 0 Å². The molecule has 0 saturated heterocycles. The van der Waals surface area contributed by atoms with E-state index in [1.165, 1.54) is 12.1 Å². The normalized spacial score (nSPS) is 14.1. The number of nitrogen functional groups attached to an aromatic ring is 1. The third-order valence-electron chi connectivity index (χ3n) is 6.08. The molecule has 0 heterocycles. The fraction of sp³-hybridized carbons (Fsp3) is 0. The van der Waals surface area contributed by atoms with E-state index in [4.69, 9.17) is 5.73 Å². The number of nitro benzene ring substituents is 1. The monoisotopic (exact) mass is 468 g/mol. The van der Waals surface area contributed by atoms with Crippen LogP contribution in [0, 0.1) is 10.1 Å². The number of nitro groups is 1. The number of rotatable bonds is 5. The maximum atomic E-state index is 10.9. The first-order valence-electron chi connectivity index (χ1n) is 11.6. The third kappa shape index (κ3) is 5.40. The lowest BCUT2D eigenvalue weighted by atomic mass is 9.97. The van der Waals surface area contributed by atoms with Gasteiger partial charge in [-0.3, -0.25) is 10.1 Å². The topological polar surface area (TPSA) is 69.2 Å². The molecule has 0 atom stereocenters. The summed E-state index contributed by atoms with van der Waals surface area (Å²) in [5.74, 6) is 0. The summed E-state index contributed by atoms with van der Waals surface area (Å²) in [6.45, 7) is 0. The molecule has 4 aromatic carbocycles. The minimum atomic E-state index is -0.387. The second kappa shape index (κ2) is 10.1. The van der Waals surface area contributed by atoms with Crippen LogP contribution in [-0.4, -0.2) is 4.92 Å². The molecule has 0 unspecified atom stereocenters. The number of benzene rings is 4. The second-order valence-electron chi connectivity index (χ2n) is 8.63. The van der Waals surface area contributed by atoms with E-state index in [9.17, 15) is 10.1 Å². The van der Waals surface area contributed by atoms with Crippen LogP contribution in [-0.2, 0) is 0 Å². The van der Waals surface area contributed by atoms with Crippen molar-refractivity contribution < 1.29 is 4.92 Å². The van der Waals surface area contributed by atoms with Gasteiger partial charge in [0.2, 0.25) is 0 Å². The molecule has 4 nitrogen and oxygen atoms in total. The SMILES string of the molecule is Nc1ccc(/C=C/c2cc3ccc2/C=C\c2ccc(c(/C=C/c4ccc([N+](=O)[O-])cc4)c2)/C=C\3)cc1. The largest absolute Gasteiger partial charge is 0.399 e. The number of nitrogens with two attached hydrogens (primary N) is 1. The van der Waals surface area contributed by atoms with Gasteiger partial charge in [-0.1, -0.05) is 85.0 Å². The summed E-state index contributed by atoms with van der Waals surface area (Å²) in [4.78, 5) is 10.5.